The summed E-state index contributed by atoms with van der Waals surface area (Å²) in [6.45, 7) is 0.700. The molecule has 0 aliphatic carbocycles. The Bertz CT molecular complexity index is 1340. The van der Waals surface area contributed by atoms with Gasteiger partial charge in [-0.3, -0.25) is 4.68 Å². The molecule has 0 fully saturated rings. The topological polar surface area (TPSA) is 97.3 Å². The lowest BCUT2D eigenvalue weighted by atomic mass is 10.2. The Labute approximate surface area is 165 Å². The summed E-state index contributed by atoms with van der Waals surface area (Å²) in [5.74, 6) is -0.475. The fourth-order valence-corrected chi connectivity index (χ4v) is 3.33. The van der Waals surface area contributed by atoms with E-state index >= 15 is 0 Å². The van der Waals surface area contributed by atoms with Crippen molar-refractivity contribution >= 4 is 33.9 Å². The van der Waals surface area contributed by atoms with Crippen LogP contribution in [-0.4, -0.2) is 35.5 Å². The quantitative estimate of drug-likeness (QED) is 0.481. The Kier molecular flexibility index (Phi) is 3.94. The number of benzene rings is 2. The van der Waals surface area contributed by atoms with Gasteiger partial charge in [-0.25, -0.2) is 14.3 Å². The second-order valence-electron chi connectivity index (χ2n) is 6.66. The number of carbonyl (C=O) groups is 1. The number of aromatic carboxylic acids is 1. The van der Waals surface area contributed by atoms with Crippen LogP contribution in [0.15, 0.2) is 73.3 Å². The molecule has 0 amide bonds. The van der Waals surface area contributed by atoms with E-state index in [0.717, 1.165) is 16.6 Å². The number of carboxylic acid groups (broad SMARTS) is 1. The second kappa shape index (κ2) is 6.75. The Morgan fingerprint density at radius 1 is 1.03 bits per heavy atom. The number of rotatable bonds is 5. The van der Waals surface area contributed by atoms with Crippen LogP contribution in [0.1, 0.15) is 15.9 Å². The molecule has 3 heterocycles. The number of anilines is 2. The summed E-state index contributed by atoms with van der Waals surface area (Å²) in [5.41, 5.74) is 3.79. The van der Waals surface area contributed by atoms with Gasteiger partial charge in [0.15, 0.2) is 5.82 Å². The number of hydrogen-bond donors (Lipinski definition) is 2. The van der Waals surface area contributed by atoms with E-state index in [0.29, 0.717) is 17.9 Å². The second-order valence-corrected chi connectivity index (χ2v) is 6.66. The molecule has 0 atom stereocenters. The van der Waals surface area contributed by atoms with Crippen LogP contribution in [-0.2, 0) is 6.54 Å². The van der Waals surface area contributed by atoms with Crippen molar-refractivity contribution in [2.24, 2.45) is 0 Å². The standard InChI is InChI=1S/C21H16N6O2/c28-21(29)16-9-19-20(22-13-24-27(19)12-16)25-17-6-7-18-15(8-17)10-23-26(18)11-14-4-2-1-3-5-14/h1-10,12-13H,11H2,(H,28,29)(H,22,24,25). The summed E-state index contributed by atoms with van der Waals surface area (Å²) in [5, 5.41) is 22.0. The highest BCUT2D eigenvalue weighted by atomic mass is 16.4. The van der Waals surface area contributed by atoms with Gasteiger partial charge in [0, 0.05) is 17.3 Å². The maximum absolute atomic E-state index is 11.2. The monoisotopic (exact) mass is 384 g/mol. The zero-order chi connectivity index (χ0) is 19.8. The number of nitrogens with zero attached hydrogens (tertiary/aromatic N) is 5. The molecule has 0 unspecified atom stereocenters. The summed E-state index contributed by atoms with van der Waals surface area (Å²) in [7, 11) is 0. The molecule has 0 spiro atoms. The minimum atomic E-state index is -1.01. The van der Waals surface area contributed by atoms with Crippen molar-refractivity contribution in [1.82, 2.24) is 24.4 Å². The first-order valence-corrected chi connectivity index (χ1v) is 9.00. The van der Waals surface area contributed by atoms with Crippen molar-refractivity contribution in [3.05, 3.63) is 84.4 Å². The van der Waals surface area contributed by atoms with E-state index in [2.05, 4.69) is 32.6 Å². The van der Waals surface area contributed by atoms with Crippen LogP contribution in [0, 0.1) is 0 Å². The van der Waals surface area contributed by atoms with Crippen LogP contribution in [0.2, 0.25) is 0 Å². The van der Waals surface area contributed by atoms with Gasteiger partial charge < -0.3 is 10.4 Å². The fourth-order valence-electron chi connectivity index (χ4n) is 3.33. The number of carboxylic acids is 1. The summed E-state index contributed by atoms with van der Waals surface area (Å²) >= 11 is 0. The predicted octanol–water partition coefficient (Wildman–Crippen LogP) is 3.57. The van der Waals surface area contributed by atoms with Crippen molar-refractivity contribution in [2.45, 2.75) is 6.54 Å². The van der Waals surface area contributed by atoms with Crippen LogP contribution in [0.25, 0.3) is 16.4 Å². The molecule has 0 saturated heterocycles. The largest absolute Gasteiger partial charge is 0.478 e. The summed E-state index contributed by atoms with van der Waals surface area (Å²) < 4.78 is 3.46. The third-order valence-corrected chi connectivity index (χ3v) is 4.73. The minimum Gasteiger partial charge on any atom is -0.478 e. The zero-order valence-corrected chi connectivity index (χ0v) is 15.2. The number of nitrogens with one attached hydrogen (secondary N) is 1. The predicted molar refractivity (Wildman–Crippen MR) is 109 cm³/mol. The molecule has 29 heavy (non-hydrogen) atoms. The van der Waals surface area contributed by atoms with Crippen LogP contribution >= 0.6 is 0 Å². The molecule has 5 aromatic rings. The first-order chi connectivity index (χ1) is 14.2. The van der Waals surface area contributed by atoms with Crippen molar-refractivity contribution in [2.75, 3.05) is 5.32 Å². The molecule has 8 heteroatoms. The molecule has 0 aliphatic rings. The van der Waals surface area contributed by atoms with E-state index in [9.17, 15) is 9.90 Å². The highest BCUT2D eigenvalue weighted by molar-refractivity contribution is 5.91. The minimum absolute atomic E-state index is 0.159. The number of aromatic nitrogens is 5. The number of fused-ring (bicyclic) bond motifs is 2. The van der Waals surface area contributed by atoms with E-state index in [4.69, 9.17) is 0 Å². The van der Waals surface area contributed by atoms with Crippen LogP contribution < -0.4 is 5.32 Å². The molecular formula is C21H16N6O2. The molecule has 0 radical (unpaired) electrons. The maximum atomic E-state index is 11.2. The molecule has 2 aromatic carbocycles. The smallest absolute Gasteiger partial charge is 0.337 e. The Hall–Kier alpha value is -4.20. The molecule has 0 aliphatic heterocycles. The summed E-state index contributed by atoms with van der Waals surface area (Å²) in [6, 6.07) is 17.7. The van der Waals surface area contributed by atoms with E-state index < -0.39 is 5.97 Å². The molecule has 2 N–H and O–H groups in total. The lowest BCUT2D eigenvalue weighted by Crippen LogP contribution is -2.01. The van der Waals surface area contributed by atoms with Gasteiger partial charge in [0.2, 0.25) is 0 Å². The third kappa shape index (κ3) is 3.16. The van der Waals surface area contributed by atoms with Gasteiger partial charge >= 0.3 is 5.97 Å². The SMILES string of the molecule is O=C(O)c1cc2c(Nc3ccc4c(cnn4Cc4ccccc4)c3)ncnn2c1. The third-order valence-electron chi connectivity index (χ3n) is 4.73. The van der Waals surface area contributed by atoms with Gasteiger partial charge in [-0.2, -0.15) is 10.2 Å². The highest BCUT2D eigenvalue weighted by Crippen LogP contribution is 2.24. The lowest BCUT2D eigenvalue weighted by molar-refractivity contribution is 0.0697. The van der Waals surface area contributed by atoms with Gasteiger partial charge in [-0.05, 0) is 29.8 Å². The van der Waals surface area contributed by atoms with E-state index in [1.54, 1.807) is 6.07 Å². The van der Waals surface area contributed by atoms with Gasteiger partial charge in [-0.1, -0.05) is 30.3 Å². The van der Waals surface area contributed by atoms with Crippen LogP contribution in [0.3, 0.4) is 0 Å². The molecule has 0 saturated carbocycles. The average molecular weight is 384 g/mol. The summed E-state index contributed by atoms with van der Waals surface area (Å²) in [6.07, 6.45) is 4.68. The van der Waals surface area contributed by atoms with E-state index in [1.807, 2.05) is 47.3 Å². The molecule has 0 bridgehead atoms. The van der Waals surface area contributed by atoms with Gasteiger partial charge in [0.1, 0.15) is 11.8 Å². The first-order valence-electron chi connectivity index (χ1n) is 9.00. The normalized spacial score (nSPS) is 11.2. The number of hydrogen-bond acceptors (Lipinski definition) is 5. The highest BCUT2D eigenvalue weighted by Gasteiger charge is 2.12. The first kappa shape index (κ1) is 16.9. The van der Waals surface area contributed by atoms with Crippen LogP contribution in [0.4, 0.5) is 11.5 Å². The fraction of sp³-hybridized carbons (Fsp3) is 0.0476. The van der Waals surface area contributed by atoms with Crippen LogP contribution in [0.5, 0.6) is 0 Å². The van der Waals surface area contributed by atoms with E-state index in [-0.39, 0.29) is 5.56 Å². The molecular weight excluding hydrogens is 368 g/mol. The van der Waals surface area contributed by atoms with Gasteiger partial charge in [0.25, 0.3) is 0 Å². The Balaban J connectivity index is 1.46. The van der Waals surface area contributed by atoms with Gasteiger partial charge in [-0.15, -0.1) is 0 Å². The Morgan fingerprint density at radius 3 is 2.72 bits per heavy atom. The summed E-state index contributed by atoms with van der Waals surface area (Å²) in [4.78, 5) is 15.5. The van der Waals surface area contributed by atoms with Crippen molar-refractivity contribution in [3.63, 3.8) is 0 Å². The zero-order valence-electron chi connectivity index (χ0n) is 15.2. The molecule has 8 nitrogen and oxygen atoms in total. The average Bonchev–Trinajstić information content (AvgIpc) is 3.34. The Morgan fingerprint density at radius 2 is 1.90 bits per heavy atom. The van der Waals surface area contributed by atoms with Gasteiger partial charge in [0.05, 0.1) is 23.8 Å². The molecule has 3 aromatic heterocycles. The van der Waals surface area contributed by atoms with Crippen molar-refractivity contribution in [1.29, 1.82) is 0 Å². The molecule has 5 rings (SSSR count). The van der Waals surface area contributed by atoms with Crippen molar-refractivity contribution in [3.8, 4) is 0 Å². The lowest BCUT2D eigenvalue weighted by Gasteiger charge is -2.08. The van der Waals surface area contributed by atoms with Crippen molar-refractivity contribution < 1.29 is 9.90 Å². The van der Waals surface area contributed by atoms with E-state index in [1.165, 1.54) is 22.6 Å². The molecule has 142 valence electrons. The maximum Gasteiger partial charge on any atom is 0.337 e.